The zero-order valence-electron chi connectivity index (χ0n) is 21.6. The van der Waals surface area contributed by atoms with E-state index in [-0.39, 0.29) is 5.75 Å². The number of anilines is 1. The number of nitrogens with zero attached hydrogens (tertiary/aromatic N) is 3. The van der Waals surface area contributed by atoms with Crippen molar-refractivity contribution in [2.75, 3.05) is 11.9 Å². The average Bonchev–Trinajstić information content (AvgIpc) is 2.89. The number of hydrogen-bond donors (Lipinski definition) is 2. The first kappa shape index (κ1) is 25.4. The van der Waals surface area contributed by atoms with Crippen molar-refractivity contribution >= 4 is 5.69 Å². The number of nitrogens with one attached hydrogen (secondary N) is 1. The SMILES string of the molecule is CCCCCCCCNc1ccc(-c2nc(-c3ccc(C)cc3)nc(-c3ccc(C)cc3)n2)c(O)c1. The van der Waals surface area contributed by atoms with Crippen LogP contribution < -0.4 is 5.32 Å². The quantitative estimate of drug-likeness (QED) is 0.213. The maximum absolute atomic E-state index is 10.9. The highest BCUT2D eigenvalue weighted by Gasteiger charge is 2.15. The molecule has 0 unspecified atom stereocenters. The third-order valence-electron chi connectivity index (χ3n) is 6.35. The summed E-state index contributed by atoms with van der Waals surface area (Å²) >= 11 is 0. The molecular weight excluding hydrogens is 444 g/mol. The standard InChI is InChI=1S/C31H36N4O/c1-4-5-6-7-8-9-20-32-26-18-19-27(28(36)21-26)31-34-29(24-14-10-22(2)11-15-24)33-30(35-31)25-16-12-23(3)13-17-25/h10-19,21,32,36H,4-9,20H2,1-3H3. The van der Waals surface area contributed by atoms with E-state index in [1.54, 1.807) is 6.07 Å². The van der Waals surface area contributed by atoms with Crippen LogP contribution in [0.4, 0.5) is 5.69 Å². The molecule has 5 nitrogen and oxygen atoms in total. The van der Waals surface area contributed by atoms with Crippen LogP contribution in [-0.4, -0.2) is 26.6 Å². The first-order valence-corrected chi connectivity index (χ1v) is 13.0. The maximum atomic E-state index is 10.9. The van der Waals surface area contributed by atoms with E-state index < -0.39 is 0 Å². The van der Waals surface area contributed by atoms with E-state index >= 15 is 0 Å². The monoisotopic (exact) mass is 480 g/mol. The molecule has 0 radical (unpaired) electrons. The lowest BCUT2D eigenvalue weighted by Gasteiger charge is -2.11. The van der Waals surface area contributed by atoms with Crippen LogP contribution in [0.25, 0.3) is 34.2 Å². The van der Waals surface area contributed by atoms with Crippen molar-refractivity contribution in [2.45, 2.75) is 59.3 Å². The van der Waals surface area contributed by atoms with E-state index in [1.165, 1.54) is 43.2 Å². The highest BCUT2D eigenvalue weighted by molar-refractivity contribution is 5.72. The molecule has 1 heterocycles. The molecule has 0 amide bonds. The van der Waals surface area contributed by atoms with Crippen LogP contribution in [0.2, 0.25) is 0 Å². The van der Waals surface area contributed by atoms with Crippen LogP contribution in [0, 0.1) is 13.8 Å². The number of rotatable bonds is 11. The number of hydrogen-bond acceptors (Lipinski definition) is 5. The van der Waals surface area contributed by atoms with Gasteiger partial charge in [-0.05, 0) is 32.4 Å². The molecule has 36 heavy (non-hydrogen) atoms. The Morgan fingerprint density at radius 3 is 1.72 bits per heavy atom. The van der Waals surface area contributed by atoms with E-state index in [1.807, 2.05) is 60.7 Å². The summed E-state index contributed by atoms with van der Waals surface area (Å²) in [5.41, 5.74) is 5.66. The van der Waals surface area contributed by atoms with Crippen LogP contribution in [-0.2, 0) is 0 Å². The molecule has 4 aromatic rings. The molecule has 4 rings (SSSR count). The van der Waals surface area contributed by atoms with E-state index in [4.69, 9.17) is 15.0 Å². The molecule has 0 atom stereocenters. The van der Waals surface area contributed by atoms with Crippen molar-refractivity contribution in [3.05, 3.63) is 77.9 Å². The zero-order chi connectivity index (χ0) is 25.3. The average molecular weight is 481 g/mol. The zero-order valence-corrected chi connectivity index (χ0v) is 21.6. The Bertz CT molecular complexity index is 1200. The smallest absolute Gasteiger partial charge is 0.167 e. The Morgan fingerprint density at radius 1 is 0.639 bits per heavy atom. The summed E-state index contributed by atoms with van der Waals surface area (Å²) in [6.07, 6.45) is 7.53. The minimum absolute atomic E-state index is 0.152. The molecule has 0 saturated carbocycles. The van der Waals surface area contributed by atoms with Gasteiger partial charge in [-0.2, -0.15) is 0 Å². The Hall–Kier alpha value is -3.73. The Kier molecular flexibility index (Phi) is 8.66. The fourth-order valence-corrected chi connectivity index (χ4v) is 4.13. The van der Waals surface area contributed by atoms with E-state index in [2.05, 4.69) is 26.1 Å². The summed E-state index contributed by atoms with van der Waals surface area (Å²) in [6, 6.07) is 21.9. The van der Waals surface area contributed by atoms with E-state index in [0.29, 0.717) is 23.0 Å². The van der Waals surface area contributed by atoms with Gasteiger partial charge in [0.25, 0.3) is 0 Å². The number of aromatic nitrogens is 3. The van der Waals surface area contributed by atoms with Crippen LogP contribution in [0.5, 0.6) is 5.75 Å². The van der Waals surface area contributed by atoms with Crippen molar-refractivity contribution < 1.29 is 5.11 Å². The lowest BCUT2D eigenvalue weighted by atomic mass is 10.1. The molecule has 0 fully saturated rings. The molecule has 0 aliphatic heterocycles. The number of benzene rings is 3. The molecule has 0 aliphatic rings. The molecule has 1 aromatic heterocycles. The lowest BCUT2D eigenvalue weighted by molar-refractivity contribution is 0.477. The third kappa shape index (κ3) is 6.69. The van der Waals surface area contributed by atoms with Gasteiger partial charge >= 0.3 is 0 Å². The predicted octanol–water partition coefficient (Wildman–Crippen LogP) is 7.97. The predicted molar refractivity (Wildman–Crippen MR) is 149 cm³/mol. The fraction of sp³-hybridized carbons (Fsp3) is 0.323. The summed E-state index contributed by atoms with van der Waals surface area (Å²) in [6.45, 7) is 7.24. The number of phenolic OH excluding ortho intramolecular Hbond substituents is 1. The van der Waals surface area contributed by atoms with Crippen molar-refractivity contribution in [3.63, 3.8) is 0 Å². The van der Waals surface area contributed by atoms with Gasteiger partial charge in [0.1, 0.15) is 5.75 Å². The van der Waals surface area contributed by atoms with Crippen molar-refractivity contribution in [2.24, 2.45) is 0 Å². The van der Waals surface area contributed by atoms with Gasteiger partial charge < -0.3 is 10.4 Å². The molecule has 0 aliphatic carbocycles. The topological polar surface area (TPSA) is 70.9 Å². The van der Waals surface area contributed by atoms with Crippen LogP contribution in [0.15, 0.2) is 66.7 Å². The molecule has 0 bridgehead atoms. The molecule has 0 spiro atoms. The van der Waals surface area contributed by atoms with Gasteiger partial charge in [-0.15, -0.1) is 0 Å². The lowest BCUT2D eigenvalue weighted by Crippen LogP contribution is -2.02. The van der Waals surface area contributed by atoms with Crippen LogP contribution >= 0.6 is 0 Å². The largest absolute Gasteiger partial charge is 0.507 e. The third-order valence-corrected chi connectivity index (χ3v) is 6.35. The first-order chi connectivity index (χ1) is 17.5. The van der Waals surface area contributed by atoms with E-state index in [0.717, 1.165) is 29.8 Å². The highest BCUT2D eigenvalue weighted by atomic mass is 16.3. The van der Waals surface area contributed by atoms with Gasteiger partial charge in [0.05, 0.1) is 5.56 Å². The number of aryl methyl sites for hydroxylation is 2. The first-order valence-electron chi connectivity index (χ1n) is 13.0. The molecular formula is C31H36N4O. The number of phenols is 1. The molecule has 0 saturated heterocycles. The summed E-state index contributed by atoms with van der Waals surface area (Å²) in [7, 11) is 0. The molecule has 3 aromatic carbocycles. The van der Waals surface area contributed by atoms with Crippen LogP contribution in [0.3, 0.4) is 0 Å². The maximum Gasteiger partial charge on any atom is 0.167 e. The van der Waals surface area contributed by atoms with Crippen LogP contribution in [0.1, 0.15) is 56.6 Å². The Labute approximate surface area is 214 Å². The van der Waals surface area contributed by atoms with Gasteiger partial charge in [-0.3, -0.25) is 0 Å². The van der Waals surface area contributed by atoms with Gasteiger partial charge in [0, 0.05) is 29.4 Å². The summed E-state index contributed by atoms with van der Waals surface area (Å²) in [5, 5.41) is 14.3. The summed E-state index contributed by atoms with van der Waals surface area (Å²) in [5.74, 6) is 1.77. The second kappa shape index (κ2) is 12.3. The van der Waals surface area contributed by atoms with Gasteiger partial charge in [-0.25, -0.2) is 15.0 Å². The highest BCUT2D eigenvalue weighted by Crippen LogP contribution is 2.32. The minimum Gasteiger partial charge on any atom is -0.507 e. The van der Waals surface area contributed by atoms with Gasteiger partial charge in [0.2, 0.25) is 0 Å². The number of unbranched alkanes of at least 4 members (excludes halogenated alkanes) is 5. The van der Waals surface area contributed by atoms with Gasteiger partial charge in [0.15, 0.2) is 17.5 Å². The Morgan fingerprint density at radius 2 is 1.17 bits per heavy atom. The Balaban J connectivity index is 1.59. The second-order valence-electron chi connectivity index (χ2n) is 9.46. The second-order valence-corrected chi connectivity index (χ2v) is 9.46. The normalized spacial score (nSPS) is 11.0. The fourth-order valence-electron chi connectivity index (χ4n) is 4.13. The molecule has 186 valence electrons. The van der Waals surface area contributed by atoms with Crippen molar-refractivity contribution in [1.82, 2.24) is 15.0 Å². The molecule has 2 N–H and O–H groups in total. The van der Waals surface area contributed by atoms with Crippen molar-refractivity contribution in [1.29, 1.82) is 0 Å². The molecule has 5 heteroatoms. The summed E-state index contributed by atoms with van der Waals surface area (Å²) < 4.78 is 0. The number of aromatic hydroxyl groups is 1. The van der Waals surface area contributed by atoms with E-state index in [9.17, 15) is 5.11 Å². The van der Waals surface area contributed by atoms with Gasteiger partial charge in [-0.1, -0.05) is 98.7 Å². The van der Waals surface area contributed by atoms with Crippen molar-refractivity contribution in [3.8, 4) is 39.9 Å². The minimum atomic E-state index is 0.152. The summed E-state index contributed by atoms with van der Waals surface area (Å²) in [4.78, 5) is 14.3.